The predicted molar refractivity (Wildman–Crippen MR) is 35.7 cm³/mol. The average Bonchev–Trinajstić information content (AvgIpc) is 2.50. The maximum Gasteiger partial charge on any atom is 0.260 e. The lowest BCUT2D eigenvalue weighted by Gasteiger charge is -1.95. The Morgan fingerprint density at radius 2 is 2.45 bits per heavy atom. The highest BCUT2D eigenvalue weighted by molar-refractivity contribution is 5.80. The molecule has 0 aromatic carbocycles. The molecule has 2 rings (SSSR count). The van der Waals surface area contributed by atoms with Crippen molar-refractivity contribution in [3.8, 4) is 11.6 Å². The summed E-state index contributed by atoms with van der Waals surface area (Å²) in [5.74, 6) is 0.845. The van der Waals surface area contributed by atoms with Crippen LogP contribution in [0.3, 0.4) is 0 Å². The van der Waals surface area contributed by atoms with Crippen molar-refractivity contribution in [2.24, 2.45) is 0 Å². The highest BCUT2D eigenvalue weighted by Gasteiger charge is 2.17. The third-order valence-electron chi connectivity index (χ3n) is 1.43. The Hall–Kier alpha value is -1.58. The van der Waals surface area contributed by atoms with Gasteiger partial charge < -0.3 is 9.47 Å². The van der Waals surface area contributed by atoms with Crippen LogP contribution in [0.4, 0.5) is 0 Å². The molecule has 4 heteroatoms. The van der Waals surface area contributed by atoms with E-state index in [0.29, 0.717) is 17.2 Å². The van der Waals surface area contributed by atoms with E-state index in [1.807, 2.05) is 0 Å². The Bertz CT molecular complexity index is 298. The van der Waals surface area contributed by atoms with Crippen molar-refractivity contribution >= 4 is 6.29 Å². The molecule has 0 fully saturated rings. The van der Waals surface area contributed by atoms with E-state index in [-0.39, 0.29) is 6.79 Å². The number of carbonyl (C=O) groups is 1. The fourth-order valence-corrected chi connectivity index (χ4v) is 0.928. The van der Waals surface area contributed by atoms with E-state index in [0.717, 1.165) is 6.29 Å². The highest BCUT2D eigenvalue weighted by Crippen LogP contribution is 2.31. The summed E-state index contributed by atoms with van der Waals surface area (Å²) >= 11 is 0. The summed E-state index contributed by atoms with van der Waals surface area (Å²) in [5.41, 5.74) is 0.479. The van der Waals surface area contributed by atoms with Gasteiger partial charge in [0.05, 0.1) is 5.56 Å². The molecule has 0 N–H and O–H groups in total. The van der Waals surface area contributed by atoms with E-state index in [1.54, 1.807) is 6.07 Å². The molecule has 0 unspecified atom stereocenters. The van der Waals surface area contributed by atoms with Gasteiger partial charge in [0, 0.05) is 6.20 Å². The molecule has 1 aliphatic rings. The quantitative estimate of drug-likeness (QED) is 0.552. The van der Waals surface area contributed by atoms with E-state index in [4.69, 9.17) is 9.47 Å². The molecule has 0 bridgehead atoms. The Morgan fingerprint density at radius 3 is 3.27 bits per heavy atom. The number of carbonyl (C=O) groups excluding carboxylic acids is 1. The number of nitrogens with zero attached hydrogens (tertiary/aromatic N) is 1. The molecule has 0 atom stereocenters. The van der Waals surface area contributed by atoms with Gasteiger partial charge in [-0.3, -0.25) is 4.79 Å². The fraction of sp³-hybridized carbons (Fsp3) is 0.143. The fourth-order valence-electron chi connectivity index (χ4n) is 0.928. The molecule has 4 nitrogen and oxygen atoms in total. The zero-order valence-corrected chi connectivity index (χ0v) is 5.61. The van der Waals surface area contributed by atoms with Gasteiger partial charge in [-0.25, -0.2) is 4.98 Å². The van der Waals surface area contributed by atoms with Gasteiger partial charge in [0.2, 0.25) is 6.79 Å². The first-order chi connectivity index (χ1) is 5.42. The first-order valence-electron chi connectivity index (χ1n) is 3.11. The average molecular weight is 151 g/mol. The maximum atomic E-state index is 10.4. The molecule has 0 radical (unpaired) electrons. The van der Waals surface area contributed by atoms with Gasteiger partial charge in [0.25, 0.3) is 5.88 Å². The van der Waals surface area contributed by atoms with Crippen molar-refractivity contribution in [2.45, 2.75) is 0 Å². The number of hydrogen-bond acceptors (Lipinski definition) is 4. The van der Waals surface area contributed by atoms with Crippen molar-refractivity contribution < 1.29 is 14.3 Å². The van der Waals surface area contributed by atoms with Crippen molar-refractivity contribution in [1.29, 1.82) is 0 Å². The molecular weight excluding hydrogens is 146 g/mol. The van der Waals surface area contributed by atoms with Gasteiger partial charge >= 0.3 is 0 Å². The number of ether oxygens (including phenoxy) is 2. The lowest BCUT2D eigenvalue weighted by molar-refractivity contribution is 0.111. The van der Waals surface area contributed by atoms with Crippen molar-refractivity contribution in [3.63, 3.8) is 0 Å². The maximum absolute atomic E-state index is 10.4. The number of aldehydes is 1. The molecule has 1 aliphatic heterocycles. The van der Waals surface area contributed by atoms with E-state index in [9.17, 15) is 4.79 Å². The summed E-state index contributed by atoms with van der Waals surface area (Å²) in [6.07, 6.45) is 2.23. The van der Waals surface area contributed by atoms with Crippen LogP contribution in [0, 0.1) is 0 Å². The molecule has 0 spiro atoms. The monoisotopic (exact) mass is 151 g/mol. The molecule has 0 amide bonds. The Labute approximate surface area is 62.8 Å². The lowest BCUT2D eigenvalue weighted by atomic mass is 10.3. The molecule has 56 valence electrons. The number of aromatic nitrogens is 1. The van der Waals surface area contributed by atoms with Crippen LogP contribution < -0.4 is 9.47 Å². The second kappa shape index (κ2) is 2.23. The summed E-state index contributed by atoms with van der Waals surface area (Å²) in [7, 11) is 0. The number of rotatable bonds is 1. The third kappa shape index (κ3) is 0.832. The first kappa shape index (κ1) is 6.15. The van der Waals surface area contributed by atoms with Crippen LogP contribution >= 0.6 is 0 Å². The zero-order chi connectivity index (χ0) is 7.68. The molecule has 1 aromatic heterocycles. The van der Waals surface area contributed by atoms with Gasteiger partial charge in [-0.1, -0.05) is 0 Å². The molecular formula is C7H5NO3. The lowest BCUT2D eigenvalue weighted by Crippen LogP contribution is -1.94. The molecule has 0 saturated carbocycles. The number of pyridine rings is 1. The second-order valence-corrected chi connectivity index (χ2v) is 2.06. The van der Waals surface area contributed by atoms with E-state index in [1.165, 1.54) is 6.20 Å². The normalized spacial score (nSPS) is 13.1. The standard InChI is InChI=1S/C7H5NO3/c9-3-5-1-2-8-7-6(5)10-4-11-7/h1-3H,4H2. The van der Waals surface area contributed by atoms with Crippen LogP contribution in [0.5, 0.6) is 11.6 Å². The minimum atomic E-state index is 0.146. The third-order valence-corrected chi connectivity index (χ3v) is 1.43. The molecule has 0 saturated heterocycles. The highest BCUT2D eigenvalue weighted by atomic mass is 16.7. The molecule has 2 heterocycles. The van der Waals surface area contributed by atoms with Crippen LogP contribution in [-0.4, -0.2) is 18.1 Å². The summed E-state index contributed by atoms with van der Waals surface area (Å²) in [6, 6.07) is 1.58. The summed E-state index contributed by atoms with van der Waals surface area (Å²) < 4.78 is 9.95. The van der Waals surface area contributed by atoms with Crippen molar-refractivity contribution in [1.82, 2.24) is 4.98 Å². The van der Waals surface area contributed by atoms with Gasteiger partial charge in [-0.2, -0.15) is 0 Å². The van der Waals surface area contributed by atoms with Crippen LogP contribution in [-0.2, 0) is 0 Å². The smallest absolute Gasteiger partial charge is 0.260 e. The zero-order valence-electron chi connectivity index (χ0n) is 5.61. The minimum Gasteiger partial charge on any atom is -0.451 e. The van der Waals surface area contributed by atoms with Crippen molar-refractivity contribution in [2.75, 3.05) is 6.79 Å². The summed E-state index contributed by atoms with van der Waals surface area (Å²) in [5, 5.41) is 0. The van der Waals surface area contributed by atoms with Crippen molar-refractivity contribution in [3.05, 3.63) is 17.8 Å². The topological polar surface area (TPSA) is 48.4 Å². The number of fused-ring (bicyclic) bond motifs is 1. The summed E-state index contributed by atoms with van der Waals surface area (Å²) in [6.45, 7) is 0.146. The van der Waals surface area contributed by atoms with Crippen LogP contribution in [0.1, 0.15) is 10.4 Å². The van der Waals surface area contributed by atoms with Gasteiger partial charge in [-0.05, 0) is 6.07 Å². The molecule has 11 heavy (non-hydrogen) atoms. The van der Waals surface area contributed by atoms with Gasteiger partial charge in [-0.15, -0.1) is 0 Å². The van der Waals surface area contributed by atoms with E-state index in [2.05, 4.69) is 4.98 Å². The van der Waals surface area contributed by atoms with Crippen LogP contribution in [0.2, 0.25) is 0 Å². The van der Waals surface area contributed by atoms with E-state index < -0.39 is 0 Å². The van der Waals surface area contributed by atoms with Gasteiger partial charge in [0.15, 0.2) is 12.0 Å². The molecule has 0 aliphatic carbocycles. The Morgan fingerprint density at radius 1 is 1.55 bits per heavy atom. The predicted octanol–water partition coefficient (Wildman–Crippen LogP) is 0.623. The summed E-state index contributed by atoms with van der Waals surface area (Å²) in [4.78, 5) is 14.3. The SMILES string of the molecule is O=Cc1ccnc2c1OCO2. The Balaban J connectivity index is 2.58. The van der Waals surface area contributed by atoms with Crippen LogP contribution in [0.15, 0.2) is 12.3 Å². The van der Waals surface area contributed by atoms with E-state index >= 15 is 0 Å². The second-order valence-electron chi connectivity index (χ2n) is 2.06. The van der Waals surface area contributed by atoms with Gasteiger partial charge in [0.1, 0.15) is 0 Å². The Kier molecular flexibility index (Phi) is 1.25. The number of hydrogen-bond donors (Lipinski definition) is 0. The molecule has 1 aromatic rings. The van der Waals surface area contributed by atoms with Crippen LogP contribution in [0.25, 0.3) is 0 Å². The largest absolute Gasteiger partial charge is 0.451 e. The minimum absolute atomic E-state index is 0.146. The first-order valence-corrected chi connectivity index (χ1v) is 3.11.